The SMILES string of the molecule is COC(=O)CCCN(C)S(=O)(=O)c1ccc(OC)cc1. The van der Waals surface area contributed by atoms with Crippen molar-refractivity contribution in [3.8, 4) is 5.75 Å². The van der Waals surface area contributed by atoms with Gasteiger partial charge in [0.25, 0.3) is 0 Å². The molecule has 0 saturated heterocycles. The van der Waals surface area contributed by atoms with Crippen molar-refractivity contribution in [1.29, 1.82) is 0 Å². The number of esters is 1. The molecule has 0 aliphatic carbocycles. The van der Waals surface area contributed by atoms with Crippen LogP contribution in [0, 0.1) is 0 Å². The third-order valence-electron chi connectivity index (χ3n) is 2.85. The quantitative estimate of drug-likeness (QED) is 0.709. The Bertz CT molecular complexity index is 538. The normalized spacial score (nSPS) is 11.4. The minimum absolute atomic E-state index is 0.193. The zero-order chi connectivity index (χ0) is 15.2. The van der Waals surface area contributed by atoms with E-state index in [9.17, 15) is 13.2 Å². The van der Waals surface area contributed by atoms with E-state index in [0.29, 0.717) is 12.2 Å². The van der Waals surface area contributed by atoms with Gasteiger partial charge in [-0.2, -0.15) is 0 Å². The first kappa shape index (κ1) is 16.5. The first-order valence-corrected chi connectivity index (χ1v) is 7.53. The van der Waals surface area contributed by atoms with Gasteiger partial charge in [-0.25, -0.2) is 12.7 Å². The van der Waals surface area contributed by atoms with Crippen molar-refractivity contribution < 1.29 is 22.7 Å². The fourth-order valence-corrected chi connectivity index (χ4v) is 2.81. The Balaban J connectivity index is 2.69. The van der Waals surface area contributed by atoms with Crippen molar-refractivity contribution in [3.63, 3.8) is 0 Å². The van der Waals surface area contributed by atoms with E-state index in [1.807, 2.05) is 0 Å². The van der Waals surface area contributed by atoms with Gasteiger partial charge in [0.05, 0.1) is 19.1 Å². The van der Waals surface area contributed by atoms with Gasteiger partial charge in [-0.3, -0.25) is 4.79 Å². The van der Waals surface area contributed by atoms with Crippen LogP contribution in [-0.2, 0) is 19.6 Å². The van der Waals surface area contributed by atoms with E-state index in [4.69, 9.17) is 4.74 Å². The summed E-state index contributed by atoms with van der Waals surface area (Å²) in [6.45, 7) is 0.253. The molecule has 0 aliphatic rings. The molecule has 0 N–H and O–H groups in total. The van der Waals surface area contributed by atoms with Gasteiger partial charge in [0.15, 0.2) is 0 Å². The van der Waals surface area contributed by atoms with E-state index in [-0.39, 0.29) is 23.8 Å². The summed E-state index contributed by atoms with van der Waals surface area (Å²) in [5, 5.41) is 0. The second-order valence-corrected chi connectivity index (χ2v) is 6.23. The number of carbonyl (C=O) groups is 1. The molecule has 1 aromatic rings. The molecule has 1 aromatic carbocycles. The second kappa shape index (κ2) is 7.25. The first-order valence-electron chi connectivity index (χ1n) is 6.09. The lowest BCUT2D eigenvalue weighted by atomic mass is 10.3. The molecule has 0 heterocycles. The zero-order valence-corrected chi connectivity index (χ0v) is 12.6. The summed E-state index contributed by atoms with van der Waals surface area (Å²) < 4.78 is 35.2. The molecule has 1 rings (SSSR count). The predicted octanol–water partition coefficient (Wildman–Crippen LogP) is 1.27. The maximum Gasteiger partial charge on any atom is 0.305 e. The molecular formula is C13H19NO5S. The summed E-state index contributed by atoms with van der Waals surface area (Å²) in [5.74, 6) is 0.248. The van der Waals surface area contributed by atoms with Crippen LogP contribution in [0.15, 0.2) is 29.2 Å². The van der Waals surface area contributed by atoms with Gasteiger partial charge < -0.3 is 9.47 Å². The van der Waals surface area contributed by atoms with E-state index >= 15 is 0 Å². The van der Waals surface area contributed by atoms with Crippen LogP contribution in [0.3, 0.4) is 0 Å². The summed E-state index contributed by atoms with van der Waals surface area (Å²) in [5.41, 5.74) is 0. The van der Waals surface area contributed by atoms with Crippen LogP contribution in [0.5, 0.6) is 5.75 Å². The third kappa shape index (κ3) is 4.21. The lowest BCUT2D eigenvalue weighted by Gasteiger charge is -2.17. The zero-order valence-electron chi connectivity index (χ0n) is 11.8. The van der Waals surface area contributed by atoms with Gasteiger partial charge >= 0.3 is 5.97 Å². The minimum atomic E-state index is -3.54. The van der Waals surface area contributed by atoms with Crippen molar-refractivity contribution in [2.24, 2.45) is 0 Å². The number of rotatable bonds is 7. The number of methoxy groups -OCH3 is 2. The monoisotopic (exact) mass is 301 g/mol. The van der Waals surface area contributed by atoms with Crippen molar-refractivity contribution >= 4 is 16.0 Å². The number of hydrogen-bond acceptors (Lipinski definition) is 5. The van der Waals surface area contributed by atoms with Gasteiger partial charge in [0.2, 0.25) is 10.0 Å². The van der Waals surface area contributed by atoms with Crippen LogP contribution >= 0.6 is 0 Å². The number of ether oxygens (including phenoxy) is 2. The molecule has 6 nitrogen and oxygen atoms in total. The molecular weight excluding hydrogens is 282 g/mol. The smallest absolute Gasteiger partial charge is 0.305 e. The fourth-order valence-electron chi connectivity index (χ4n) is 1.60. The van der Waals surface area contributed by atoms with Crippen LogP contribution in [0.2, 0.25) is 0 Å². The maximum absolute atomic E-state index is 12.2. The van der Waals surface area contributed by atoms with Gasteiger partial charge in [0.1, 0.15) is 5.75 Å². The number of benzene rings is 1. The average molecular weight is 301 g/mol. The van der Waals surface area contributed by atoms with Crippen LogP contribution < -0.4 is 4.74 Å². The molecule has 20 heavy (non-hydrogen) atoms. The highest BCUT2D eigenvalue weighted by molar-refractivity contribution is 7.89. The molecule has 0 aliphatic heterocycles. The Morgan fingerprint density at radius 2 is 1.80 bits per heavy atom. The Labute approximate surface area is 119 Å². The Morgan fingerprint density at radius 3 is 2.30 bits per heavy atom. The lowest BCUT2D eigenvalue weighted by Crippen LogP contribution is -2.28. The van der Waals surface area contributed by atoms with Gasteiger partial charge in [-0.1, -0.05) is 0 Å². The molecule has 0 spiro atoms. The molecule has 7 heteroatoms. The van der Waals surface area contributed by atoms with E-state index in [2.05, 4.69) is 4.74 Å². The van der Waals surface area contributed by atoms with E-state index in [1.165, 1.54) is 37.7 Å². The Kier molecular flexibility index (Phi) is 5.97. The fraction of sp³-hybridized carbons (Fsp3) is 0.462. The topological polar surface area (TPSA) is 72.9 Å². The molecule has 0 unspecified atom stereocenters. The van der Waals surface area contributed by atoms with E-state index < -0.39 is 10.0 Å². The molecule has 0 atom stereocenters. The molecule has 0 saturated carbocycles. The first-order chi connectivity index (χ1) is 9.41. The van der Waals surface area contributed by atoms with Gasteiger partial charge in [0, 0.05) is 20.0 Å². The highest BCUT2D eigenvalue weighted by Crippen LogP contribution is 2.18. The third-order valence-corrected chi connectivity index (χ3v) is 4.72. The summed E-state index contributed by atoms with van der Waals surface area (Å²) in [7, 11) is 0.762. The maximum atomic E-state index is 12.2. The van der Waals surface area contributed by atoms with E-state index in [0.717, 1.165) is 0 Å². The average Bonchev–Trinajstić information content (AvgIpc) is 2.46. The van der Waals surface area contributed by atoms with Crippen LogP contribution in [0.4, 0.5) is 0 Å². The number of carbonyl (C=O) groups excluding carboxylic acids is 1. The number of sulfonamides is 1. The predicted molar refractivity (Wildman–Crippen MR) is 74.1 cm³/mol. The standard InChI is InChI=1S/C13H19NO5S/c1-14(10-4-5-13(15)19-3)20(16,17)12-8-6-11(18-2)7-9-12/h6-9H,4-5,10H2,1-3H3. The Morgan fingerprint density at radius 1 is 1.20 bits per heavy atom. The highest BCUT2D eigenvalue weighted by atomic mass is 32.2. The molecule has 0 amide bonds. The molecule has 0 fully saturated rings. The van der Waals surface area contributed by atoms with Gasteiger partial charge in [-0.05, 0) is 30.7 Å². The van der Waals surface area contributed by atoms with E-state index in [1.54, 1.807) is 12.1 Å². The highest BCUT2D eigenvalue weighted by Gasteiger charge is 2.20. The summed E-state index contributed by atoms with van der Waals surface area (Å²) in [6, 6.07) is 6.17. The van der Waals surface area contributed by atoms with Crippen LogP contribution in [0.1, 0.15) is 12.8 Å². The van der Waals surface area contributed by atoms with Crippen molar-refractivity contribution in [2.45, 2.75) is 17.7 Å². The largest absolute Gasteiger partial charge is 0.497 e. The molecule has 0 bridgehead atoms. The molecule has 0 radical (unpaired) electrons. The Hall–Kier alpha value is -1.60. The number of hydrogen-bond donors (Lipinski definition) is 0. The van der Waals surface area contributed by atoms with Crippen molar-refractivity contribution in [3.05, 3.63) is 24.3 Å². The number of nitrogens with zero attached hydrogens (tertiary/aromatic N) is 1. The molecule has 112 valence electrons. The summed E-state index contributed by atoms with van der Waals surface area (Å²) in [4.78, 5) is 11.2. The summed E-state index contributed by atoms with van der Waals surface area (Å²) >= 11 is 0. The van der Waals surface area contributed by atoms with Crippen molar-refractivity contribution in [2.75, 3.05) is 27.8 Å². The van der Waals surface area contributed by atoms with Crippen molar-refractivity contribution in [1.82, 2.24) is 4.31 Å². The van der Waals surface area contributed by atoms with Gasteiger partial charge in [-0.15, -0.1) is 0 Å². The minimum Gasteiger partial charge on any atom is -0.497 e. The summed E-state index contributed by atoms with van der Waals surface area (Å²) in [6.07, 6.45) is 0.609. The lowest BCUT2D eigenvalue weighted by molar-refractivity contribution is -0.140. The van der Waals surface area contributed by atoms with Crippen LogP contribution in [-0.4, -0.2) is 46.5 Å². The molecule has 0 aromatic heterocycles. The van der Waals surface area contributed by atoms with Crippen LogP contribution in [0.25, 0.3) is 0 Å². The second-order valence-electron chi connectivity index (χ2n) is 4.18.